The molecular formula is C15H22N2O2. The smallest absolute Gasteiger partial charge is 0.255 e. The predicted octanol–water partition coefficient (Wildman–Crippen LogP) is 2.22. The molecular weight excluding hydrogens is 240 g/mol. The predicted molar refractivity (Wildman–Crippen MR) is 76.1 cm³/mol. The van der Waals surface area contributed by atoms with Crippen molar-refractivity contribution in [3.8, 4) is 0 Å². The lowest BCUT2D eigenvalue weighted by Crippen LogP contribution is -2.37. The van der Waals surface area contributed by atoms with Crippen molar-refractivity contribution in [1.29, 1.82) is 0 Å². The summed E-state index contributed by atoms with van der Waals surface area (Å²) in [5.41, 5.74) is 8.07. The van der Waals surface area contributed by atoms with Crippen LogP contribution < -0.4 is 5.73 Å². The van der Waals surface area contributed by atoms with Gasteiger partial charge in [0, 0.05) is 25.9 Å². The molecule has 0 spiro atoms. The fourth-order valence-electron chi connectivity index (χ4n) is 2.41. The highest BCUT2D eigenvalue weighted by Crippen LogP contribution is 2.19. The fourth-order valence-corrected chi connectivity index (χ4v) is 2.41. The Morgan fingerprint density at radius 1 is 1.47 bits per heavy atom. The lowest BCUT2D eigenvalue weighted by atomic mass is 10.1. The number of likely N-dealkylation sites (N-methyl/N-ethyl adjacent to an activating group) is 1. The number of benzene rings is 1. The molecule has 19 heavy (non-hydrogen) atoms. The first-order valence-corrected chi connectivity index (χ1v) is 6.81. The lowest BCUT2D eigenvalue weighted by Gasteiger charge is -2.27. The van der Waals surface area contributed by atoms with Crippen LogP contribution in [0.15, 0.2) is 18.2 Å². The molecule has 1 aromatic rings. The molecule has 1 amide bonds. The molecule has 1 heterocycles. The minimum absolute atomic E-state index is 0.0321. The molecule has 104 valence electrons. The van der Waals surface area contributed by atoms with Crippen LogP contribution in [0.1, 0.15) is 35.2 Å². The molecule has 1 aliphatic heterocycles. The zero-order chi connectivity index (χ0) is 13.8. The van der Waals surface area contributed by atoms with Gasteiger partial charge in [0.05, 0.1) is 11.7 Å². The maximum atomic E-state index is 12.4. The molecule has 0 aromatic heterocycles. The Bertz CT molecular complexity index is 453. The van der Waals surface area contributed by atoms with Crippen LogP contribution in [-0.4, -0.2) is 37.1 Å². The van der Waals surface area contributed by atoms with Crippen molar-refractivity contribution >= 4 is 11.6 Å². The van der Waals surface area contributed by atoms with Crippen LogP contribution >= 0.6 is 0 Å². The van der Waals surface area contributed by atoms with Crippen molar-refractivity contribution in [3.63, 3.8) is 0 Å². The van der Waals surface area contributed by atoms with Crippen molar-refractivity contribution in [2.45, 2.75) is 32.3 Å². The number of carbonyl (C=O) groups is 1. The SMILES string of the molecule is Cc1cccc(C(=O)N(C)CC2CCCCO2)c1N. The van der Waals surface area contributed by atoms with Crippen molar-refractivity contribution in [2.24, 2.45) is 0 Å². The van der Waals surface area contributed by atoms with E-state index in [0.717, 1.165) is 25.0 Å². The number of anilines is 1. The third-order valence-corrected chi connectivity index (χ3v) is 3.65. The third kappa shape index (κ3) is 3.26. The van der Waals surface area contributed by atoms with Crippen LogP contribution in [0.3, 0.4) is 0 Å². The maximum Gasteiger partial charge on any atom is 0.255 e. The molecule has 0 saturated carbocycles. The molecule has 0 aliphatic carbocycles. The number of nitrogen functional groups attached to an aromatic ring is 1. The quantitative estimate of drug-likeness (QED) is 0.850. The Hall–Kier alpha value is -1.55. The minimum atomic E-state index is -0.0321. The van der Waals surface area contributed by atoms with Gasteiger partial charge in [-0.05, 0) is 37.8 Å². The fraction of sp³-hybridized carbons (Fsp3) is 0.533. The molecule has 0 radical (unpaired) electrons. The molecule has 4 nitrogen and oxygen atoms in total. The van der Waals surface area contributed by atoms with Crippen molar-refractivity contribution in [2.75, 3.05) is 25.9 Å². The van der Waals surface area contributed by atoms with E-state index in [-0.39, 0.29) is 12.0 Å². The maximum absolute atomic E-state index is 12.4. The number of hydrogen-bond donors (Lipinski definition) is 1. The van der Waals surface area contributed by atoms with E-state index in [2.05, 4.69) is 0 Å². The summed E-state index contributed by atoms with van der Waals surface area (Å²) in [5, 5.41) is 0. The van der Waals surface area contributed by atoms with E-state index in [0.29, 0.717) is 17.8 Å². The van der Waals surface area contributed by atoms with Crippen molar-refractivity contribution in [1.82, 2.24) is 4.90 Å². The molecule has 1 aliphatic rings. The van der Waals surface area contributed by atoms with Crippen molar-refractivity contribution < 1.29 is 9.53 Å². The molecule has 4 heteroatoms. The zero-order valence-electron chi connectivity index (χ0n) is 11.7. The van der Waals surface area contributed by atoms with Gasteiger partial charge in [-0.1, -0.05) is 12.1 Å². The summed E-state index contributed by atoms with van der Waals surface area (Å²) in [7, 11) is 1.81. The van der Waals surface area contributed by atoms with Crippen LogP contribution in [0.25, 0.3) is 0 Å². The number of nitrogens with two attached hydrogens (primary N) is 1. The summed E-state index contributed by atoms with van der Waals surface area (Å²) in [6.45, 7) is 3.35. The van der Waals surface area contributed by atoms with Crippen LogP contribution in [0, 0.1) is 6.92 Å². The second-order valence-electron chi connectivity index (χ2n) is 5.21. The van der Waals surface area contributed by atoms with E-state index >= 15 is 0 Å². The lowest BCUT2D eigenvalue weighted by molar-refractivity contribution is -0.000170. The van der Waals surface area contributed by atoms with Gasteiger partial charge in [0.1, 0.15) is 0 Å². The number of amides is 1. The van der Waals surface area contributed by atoms with Gasteiger partial charge in [0.2, 0.25) is 0 Å². The van der Waals surface area contributed by atoms with Gasteiger partial charge in [-0.2, -0.15) is 0 Å². The molecule has 1 aromatic carbocycles. The highest BCUT2D eigenvalue weighted by molar-refractivity contribution is 5.99. The van der Waals surface area contributed by atoms with Crippen LogP contribution in [0.2, 0.25) is 0 Å². The molecule has 0 bridgehead atoms. The van der Waals surface area contributed by atoms with Crippen LogP contribution in [-0.2, 0) is 4.74 Å². The molecule has 1 saturated heterocycles. The topological polar surface area (TPSA) is 55.6 Å². The molecule has 2 N–H and O–H groups in total. The number of carbonyl (C=O) groups excluding carboxylic acids is 1. The highest BCUT2D eigenvalue weighted by Gasteiger charge is 2.21. The second kappa shape index (κ2) is 6.06. The monoisotopic (exact) mass is 262 g/mol. The van der Waals surface area contributed by atoms with Crippen LogP contribution in [0.5, 0.6) is 0 Å². The molecule has 1 fully saturated rings. The number of aryl methyl sites for hydroxylation is 1. The first kappa shape index (κ1) is 13.9. The Balaban J connectivity index is 2.03. The zero-order valence-corrected chi connectivity index (χ0v) is 11.7. The second-order valence-corrected chi connectivity index (χ2v) is 5.21. The summed E-state index contributed by atoms with van der Waals surface area (Å²) < 4.78 is 5.66. The largest absolute Gasteiger partial charge is 0.398 e. The average molecular weight is 262 g/mol. The van der Waals surface area contributed by atoms with Gasteiger partial charge in [-0.25, -0.2) is 0 Å². The summed E-state index contributed by atoms with van der Waals surface area (Å²) in [6.07, 6.45) is 3.49. The summed E-state index contributed by atoms with van der Waals surface area (Å²) in [6, 6.07) is 5.56. The van der Waals surface area contributed by atoms with Gasteiger partial charge in [0.15, 0.2) is 0 Å². The minimum Gasteiger partial charge on any atom is -0.398 e. The standard InChI is InChI=1S/C15H22N2O2/c1-11-6-5-8-13(14(11)16)15(18)17(2)10-12-7-3-4-9-19-12/h5-6,8,12H,3-4,7,9-10,16H2,1-2H3. The Morgan fingerprint density at radius 3 is 2.95 bits per heavy atom. The van der Waals surface area contributed by atoms with Gasteiger partial charge in [0.25, 0.3) is 5.91 Å². The Kier molecular flexibility index (Phi) is 4.43. The Morgan fingerprint density at radius 2 is 2.26 bits per heavy atom. The molecule has 1 atom stereocenters. The van der Waals surface area contributed by atoms with E-state index in [9.17, 15) is 4.79 Å². The normalized spacial score (nSPS) is 19.2. The van der Waals surface area contributed by atoms with E-state index in [1.54, 1.807) is 11.0 Å². The van der Waals surface area contributed by atoms with Gasteiger partial charge >= 0.3 is 0 Å². The highest BCUT2D eigenvalue weighted by atomic mass is 16.5. The first-order valence-electron chi connectivity index (χ1n) is 6.81. The van der Waals surface area contributed by atoms with E-state index < -0.39 is 0 Å². The third-order valence-electron chi connectivity index (χ3n) is 3.65. The number of nitrogens with zero attached hydrogens (tertiary/aromatic N) is 1. The number of hydrogen-bond acceptors (Lipinski definition) is 3. The molecule has 1 unspecified atom stereocenters. The summed E-state index contributed by atoms with van der Waals surface area (Å²) in [5.74, 6) is -0.0321. The number of ether oxygens (including phenoxy) is 1. The average Bonchev–Trinajstić information content (AvgIpc) is 2.42. The number of rotatable bonds is 3. The van der Waals surface area contributed by atoms with E-state index in [1.807, 2.05) is 26.1 Å². The summed E-state index contributed by atoms with van der Waals surface area (Å²) >= 11 is 0. The molecule has 2 rings (SSSR count). The van der Waals surface area contributed by atoms with Gasteiger partial charge in [-0.15, -0.1) is 0 Å². The van der Waals surface area contributed by atoms with Gasteiger partial charge in [-0.3, -0.25) is 4.79 Å². The van der Waals surface area contributed by atoms with E-state index in [4.69, 9.17) is 10.5 Å². The van der Waals surface area contributed by atoms with E-state index in [1.165, 1.54) is 6.42 Å². The van der Waals surface area contributed by atoms with Gasteiger partial charge < -0.3 is 15.4 Å². The van der Waals surface area contributed by atoms with Crippen LogP contribution in [0.4, 0.5) is 5.69 Å². The number of para-hydroxylation sites is 1. The Labute approximate surface area is 114 Å². The first-order chi connectivity index (χ1) is 9.09. The summed E-state index contributed by atoms with van der Waals surface area (Å²) in [4.78, 5) is 14.1. The van der Waals surface area contributed by atoms with Crippen molar-refractivity contribution in [3.05, 3.63) is 29.3 Å².